The van der Waals surface area contributed by atoms with Crippen LogP contribution in [0.5, 0.6) is 11.5 Å². The van der Waals surface area contributed by atoms with Crippen molar-refractivity contribution in [2.45, 2.75) is 76.4 Å². The Hall–Kier alpha value is -4.05. The number of amides is 2. The minimum absolute atomic E-state index is 0.0461. The third kappa shape index (κ3) is 7.72. The molecule has 1 fully saturated rings. The summed E-state index contributed by atoms with van der Waals surface area (Å²) in [7, 11) is -1.19. The largest absolute Gasteiger partial charge is 0.497 e. The van der Waals surface area contributed by atoms with Crippen LogP contribution in [0.1, 0.15) is 55.7 Å². The molecule has 236 valence electrons. The molecule has 44 heavy (non-hydrogen) atoms. The summed E-state index contributed by atoms with van der Waals surface area (Å²) in [4.78, 5) is 29.6. The van der Waals surface area contributed by atoms with Gasteiger partial charge in [-0.2, -0.15) is 0 Å². The third-order valence-electron chi connectivity index (χ3n) is 8.07. The average molecular weight is 622 g/mol. The standard InChI is InChI=1S/C34H43N3O6S/c1-6-30(34(39)35-27-11-7-8-12-27)36(22-26-10-9-13-28(21-26)42-4)33(38)23-37(31-20-25(3)16-19-32(31)43-5)44(40,41)29-17-14-24(2)15-18-29/h9-10,13-21,27,30H,6-8,11-12,22-23H2,1-5H3,(H,35,39)/t30-/m1/s1. The zero-order valence-corrected chi connectivity index (χ0v) is 27.0. The number of nitrogens with zero attached hydrogens (tertiary/aromatic N) is 2. The van der Waals surface area contributed by atoms with Crippen molar-refractivity contribution < 1.29 is 27.5 Å². The van der Waals surface area contributed by atoms with Crippen LogP contribution in [0.2, 0.25) is 0 Å². The summed E-state index contributed by atoms with van der Waals surface area (Å²) in [6.07, 6.45) is 4.27. The van der Waals surface area contributed by atoms with Crippen LogP contribution in [0.15, 0.2) is 71.6 Å². The van der Waals surface area contributed by atoms with Gasteiger partial charge in [0, 0.05) is 12.6 Å². The number of methoxy groups -OCH3 is 2. The van der Waals surface area contributed by atoms with E-state index >= 15 is 0 Å². The molecule has 1 aliphatic carbocycles. The summed E-state index contributed by atoms with van der Waals surface area (Å²) in [5, 5.41) is 3.14. The summed E-state index contributed by atoms with van der Waals surface area (Å²) in [5.41, 5.74) is 2.70. The van der Waals surface area contributed by atoms with Crippen LogP contribution < -0.4 is 19.1 Å². The minimum Gasteiger partial charge on any atom is -0.497 e. The van der Waals surface area contributed by atoms with Crippen molar-refractivity contribution in [3.05, 3.63) is 83.4 Å². The molecule has 3 aromatic carbocycles. The molecular formula is C34H43N3O6S. The van der Waals surface area contributed by atoms with Gasteiger partial charge in [-0.15, -0.1) is 0 Å². The molecule has 0 spiro atoms. The lowest BCUT2D eigenvalue weighted by atomic mass is 10.1. The number of hydrogen-bond acceptors (Lipinski definition) is 6. The van der Waals surface area contributed by atoms with E-state index in [1.54, 1.807) is 37.4 Å². The number of anilines is 1. The lowest BCUT2D eigenvalue weighted by molar-refractivity contribution is -0.140. The highest BCUT2D eigenvalue weighted by Gasteiger charge is 2.35. The van der Waals surface area contributed by atoms with E-state index in [1.807, 2.05) is 45.0 Å². The minimum atomic E-state index is -4.22. The van der Waals surface area contributed by atoms with E-state index in [9.17, 15) is 18.0 Å². The lowest BCUT2D eigenvalue weighted by Crippen LogP contribution is -2.53. The van der Waals surface area contributed by atoms with Crippen LogP contribution in [0.4, 0.5) is 5.69 Å². The smallest absolute Gasteiger partial charge is 0.264 e. The summed E-state index contributed by atoms with van der Waals surface area (Å²) in [5.74, 6) is 0.174. The highest BCUT2D eigenvalue weighted by Crippen LogP contribution is 2.34. The quantitative estimate of drug-likeness (QED) is 0.275. The Bertz CT molecular complexity index is 1550. The first kappa shape index (κ1) is 32.9. The summed E-state index contributed by atoms with van der Waals surface area (Å²) in [6, 6.07) is 18.2. The van der Waals surface area contributed by atoms with Gasteiger partial charge in [0.1, 0.15) is 24.1 Å². The average Bonchev–Trinajstić information content (AvgIpc) is 3.53. The van der Waals surface area contributed by atoms with Crippen LogP contribution in [0, 0.1) is 13.8 Å². The van der Waals surface area contributed by atoms with E-state index in [0.717, 1.165) is 46.7 Å². The highest BCUT2D eigenvalue weighted by atomic mass is 32.2. The first-order valence-electron chi connectivity index (χ1n) is 15.0. The SMILES string of the molecule is CC[C@H](C(=O)NC1CCCC1)N(Cc1cccc(OC)c1)C(=O)CN(c1cc(C)ccc1OC)S(=O)(=O)c1ccc(C)cc1. The number of carbonyl (C=O) groups excluding carboxylic acids is 2. The number of ether oxygens (including phenoxy) is 2. The maximum absolute atomic E-state index is 14.4. The molecular weight excluding hydrogens is 578 g/mol. The topological polar surface area (TPSA) is 105 Å². The van der Waals surface area contributed by atoms with Gasteiger partial charge in [-0.3, -0.25) is 13.9 Å². The van der Waals surface area contributed by atoms with E-state index in [2.05, 4.69) is 5.32 Å². The van der Waals surface area contributed by atoms with E-state index in [1.165, 1.54) is 24.1 Å². The molecule has 0 radical (unpaired) electrons. The number of aryl methyl sites for hydroxylation is 2. The van der Waals surface area contributed by atoms with Crippen molar-refractivity contribution in [1.82, 2.24) is 10.2 Å². The van der Waals surface area contributed by atoms with Crippen LogP contribution in [0.3, 0.4) is 0 Å². The molecule has 0 saturated heterocycles. The fourth-order valence-electron chi connectivity index (χ4n) is 5.60. The molecule has 9 nitrogen and oxygen atoms in total. The second-order valence-electron chi connectivity index (χ2n) is 11.3. The number of nitrogens with one attached hydrogen (secondary N) is 1. The lowest BCUT2D eigenvalue weighted by Gasteiger charge is -2.34. The highest BCUT2D eigenvalue weighted by molar-refractivity contribution is 7.92. The van der Waals surface area contributed by atoms with E-state index in [0.29, 0.717) is 17.9 Å². The van der Waals surface area contributed by atoms with Gasteiger partial charge < -0.3 is 19.7 Å². The molecule has 0 aliphatic heterocycles. The maximum atomic E-state index is 14.4. The van der Waals surface area contributed by atoms with Gasteiger partial charge in [0.2, 0.25) is 11.8 Å². The number of sulfonamides is 1. The monoisotopic (exact) mass is 621 g/mol. The van der Waals surface area contributed by atoms with Crippen molar-refractivity contribution in [3.8, 4) is 11.5 Å². The van der Waals surface area contributed by atoms with Crippen molar-refractivity contribution in [3.63, 3.8) is 0 Å². The molecule has 0 heterocycles. The summed E-state index contributed by atoms with van der Waals surface area (Å²) < 4.78 is 40.5. The molecule has 1 atom stereocenters. The van der Waals surface area contributed by atoms with E-state index in [4.69, 9.17) is 9.47 Å². The zero-order chi connectivity index (χ0) is 31.9. The Kier molecular flexibility index (Phi) is 10.9. The van der Waals surface area contributed by atoms with Crippen LogP contribution in [0.25, 0.3) is 0 Å². The molecule has 0 aromatic heterocycles. The van der Waals surface area contributed by atoms with Crippen molar-refractivity contribution in [2.75, 3.05) is 25.1 Å². The van der Waals surface area contributed by atoms with Gasteiger partial charge >= 0.3 is 0 Å². The van der Waals surface area contributed by atoms with Crippen LogP contribution in [-0.4, -0.2) is 58.0 Å². The molecule has 2 amide bonds. The predicted octanol–water partition coefficient (Wildman–Crippen LogP) is 5.38. The molecule has 1 aliphatic rings. The molecule has 1 N–H and O–H groups in total. The molecule has 4 rings (SSSR count). The molecule has 10 heteroatoms. The first-order chi connectivity index (χ1) is 21.1. The predicted molar refractivity (Wildman–Crippen MR) is 171 cm³/mol. The number of hydrogen-bond donors (Lipinski definition) is 1. The van der Waals surface area contributed by atoms with Crippen molar-refractivity contribution in [2.24, 2.45) is 0 Å². The number of rotatable bonds is 13. The Morgan fingerprint density at radius 2 is 1.61 bits per heavy atom. The molecule has 0 bridgehead atoms. The molecule has 0 unspecified atom stereocenters. The van der Waals surface area contributed by atoms with Gasteiger partial charge in [0.05, 0.1) is 24.8 Å². The maximum Gasteiger partial charge on any atom is 0.264 e. The first-order valence-corrected chi connectivity index (χ1v) is 16.5. The van der Waals surface area contributed by atoms with Gasteiger partial charge in [-0.05, 0) is 80.6 Å². The van der Waals surface area contributed by atoms with Gasteiger partial charge in [0.25, 0.3) is 10.0 Å². The zero-order valence-electron chi connectivity index (χ0n) is 26.2. The van der Waals surface area contributed by atoms with Crippen LogP contribution in [-0.2, 0) is 26.2 Å². The fraction of sp³-hybridized carbons (Fsp3) is 0.412. The Morgan fingerprint density at radius 3 is 2.25 bits per heavy atom. The Balaban J connectivity index is 1.77. The van der Waals surface area contributed by atoms with Crippen molar-refractivity contribution in [1.29, 1.82) is 0 Å². The summed E-state index contributed by atoms with van der Waals surface area (Å²) in [6.45, 7) is 5.13. The normalized spacial score (nSPS) is 14.1. The second kappa shape index (κ2) is 14.6. The molecule has 3 aromatic rings. The van der Waals surface area contributed by atoms with Gasteiger partial charge in [0.15, 0.2) is 0 Å². The van der Waals surface area contributed by atoms with E-state index < -0.39 is 28.5 Å². The number of benzene rings is 3. The second-order valence-corrected chi connectivity index (χ2v) is 13.1. The van der Waals surface area contributed by atoms with Gasteiger partial charge in [-0.25, -0.2) is 8.42 Å². The van der Waals surface area contributed by atoms with E-state index in [-0.39, 0.29) is 29.1 Å². The van der Waals surface area contributed by atoms with Crippen molar-refractivity contribution >= 4 is 27.5 Å². The summed E-state index contributed by atoms with van der Waals surface area (Å²) >= 11 is 0. The van der Waals surface area contributed by atoms with Gasteiger partial charge in [-0.1, -0.05) is 55.7 Å². The fourth-order valence-corrected chi connectivity index (χ4v) is 7.02. The van der Waals surface area contributed by atoms with Crippen LogP contribution >= 0.6 is 0 Å². The Morgan fingerprint density at radius 1 is 0.932 bits per heavy atom. The Labute approximate surface area is 261 Å². The third-order valence-corrected chi connectivity index (χ3v) is 9.84. The number of carbonyl (C=O) groups is 2. The molecule has 1 saturated carbocycles.